The second-order valence-corrected chi connectivity index (χ2v) is 9.66. The lowest BCUT2D eigenvalue weighted by atomic mass is 9.97. The van der Waals surface area contributed by atoms with Crippen molar-refractivity contribution in [2.75, 3.05) is 5.01 Å². The van der Waals surface area contributed by atoms with Crippen LogP contribution in [0.15, 0.2) is 125 Å². The van der Waals surface area contributed by atoms with Crippen molar-refractivity contribution in [2.45, 2.75) is 0 Å². The first-order valence-corrected chi connectivity index (χ1v) is 13.1. The minimum atomic E-state index is -0.980. The van der Waals surface area contributed by atoms with E-state index in [0.717, 1.165) is 0 Å². The zero-order valence-electron chi connectivity index (χ0n) is 22.3. The van der Waals surface area contributed by atoms with Gasteiger partial charge in [-0.25, -0.2) is 9.69 Å². The molecule has 1 amide bonds. The molecule has 0 radical (unpaired) electrons. The summed E-state index contributed by atoms with van der Waals surface area (Å²) in [5.74, 6) is -1.35. The Hall–Kier alpha value is -6.30. The highest BCUT2D eigenvalue weighted by molar-refractivity contribution is 6.06. The average molecular weight is 575 g/mol. The van der Waals surface area contributed by atoms with E-state index in [4.69, 9.17) is 0 Å². The minimum Gasteiger partial charge on any atom is -0.612 e. The SMILES string of the molecule is O=C1[C@H](C=c2c(=C3C=CC(=[N+]([O-])[O-])C=C3)[nH]n(-c3ccccc3)c2=O)C(=C2C=CC(=[N+]([O-])[O-])C=C2)NN1c1ccccc1. The molecule has 12 heteroatoms. The average Bonchev–Trinajstić information content (AvgIpc) is 3.54. The van der Waals surface area contributed by atoms with Crippen LogP contribution in [0.2, 0.25) is 0 Å². The summed E-state index contributed by atoms with van der Waals surface area (Å²) in [6.07, 6.45) is 13.1. The van der Waals surface area contributed by atoms with E-state index >= 15 is 0 Å². The van der Waals surface area contributed by atoms with Crippen LogP contribution in [0.4, 0.5) is 5.69 Å². The van der Waals surface area contributed by atoms with Gasteiger partial charge in [-0.05, 0) is 54.1 Å². The van der Waals surface area contributed by atoms with Crippen LogP contribution in [0.5, 0.6) is 0 Å². The summed E-state index contributed by atoms with van der Waals surface area (Å²) in [6.45, 7) is 0. The number of H-pyrrole nitrogens is 1. The molecule has 0 saturated carbocycles. The van der Waals surface area contributed by atoms with Crippen LogP contribution in [-0.2, 0) is 4.79 Å². The maximum atomic E-state index is 13.9. The van der Waals surface area contributed by atoms with Gasteiger partial charge in [0.25, 0.3) is 11.5 Å². The van der Waals surface area contributed by atoms with Crippen molar-refractivity contribution in [3.05, 3.63) is 162 Å². The van der Waals surface area contributed by atoms with Crippen LogP contribution in [0.1, 0.15) is 0 Å². The second-order valence-electron chi connectivity index (χ2n) is 9.66. The van der Waals surface area contributed by atoms with E-state index in [1.807, 2.05) is 12.1 Å². The van der Waals surface area contributed by atoms with Crippen LogP contribution < -0.4 is 26.6 Å². The molecule has 43 heavy (non-hydrogen) atoms. The number of para-hydroxylation sites is 2. The molecule has 1 fully saturated rings. The molecule has 1 aromatic heterocycles. The minimum absolute atomic E-state index is 0.106. The summed E-state index contributed by atoms with van der Waals surface area (Å²) in [7, 11) is 0. The number of aromatic nitrogens is 2. The van der Waals surface area contributed by atoms with E-state index < -0.39 is 21.3 Å². The van der Waals surface area contributed by atoms with Gasteiger partial charge in [-0.2, -0.15) is 9.80 Å². The molecule has 12 nitrogen and oxygen atoms in total. The summed E-state index contributed by atoms with van der Waals surface area (Å²) >= 11 is 0. The number of allylic oxidation sites excluding steroid dienone is 9. The van der Waals surface area contributed by atoms with Crippen LogP contribution >= 0.6 is 0 Å². The Bertz CT molecular complexity index is 1980. The number of benzene rings is 2. The first kappa shape index (κ1) is 26.9. The first-order valence-electron chi connectivity index (χ1n) is 13.1. The number of hydrogen-bond acceptors (Lipinski definition) is 7. The van der Waals surface area contributed by atoms with Gasteiger partial charge in [0.05, 0.1) is 27.6 Å². The van der Waals surface area contributed by atoms with Gasteiger partial charge in [0, 0.05) is 29.9 Å². The molecule has 2 heterocycles. The van der Waals surface area contributed by atoms with Gasteiger partial charge in [-0.15, -0.1) is 0 Å². The Balaban J connectivity index is 1.59. The third kappa shape index (κ3) is 5.04. The number of hydrazine groups is 1. The highest BCUT2D eigenvalue weighted by Crippen LogP contribution is 2.30. The number of hydrogen-bond donors (Lipinski definition) is 2. The van der Waals surface area contributed by atoms with Crippen LogP contribution in [0.3, 0.4) is 0 Å². The highest BCUT2D eigenvalue weighted by atomic mass is 16.8. The maximum Gasteiger partial charge on any atom is 0.278 e. The number of amides is 1. The fourth-order valence-electron chi connectivity index (χ4n) is 4.94. The molecular formula is C31H22N6O6-2. The number of rotatable bonds is 3. The van der Waals surface area contributed by atoms with Gasteiger partial charge in [-0.1, -0.05) is 42.5 Å². The van der Waals surface area contributed by atoms with Crippen molar-refractivity contribution < 1.29 is 14.6 Å². The smallest absolute Gasteiger partial charge is 0.278 e. The summed E-state index contributed by atoms with van der Waals surface area (Å²) in [5.41, 5.74) is 5.04. The number of nitrogens with zero attached hydrogens (tertiary/aromatic N) is 4. The van der Waals surface area contributed by atoms with Gasteiger partial charge in [0.1, 0.15) is 5.92 Å². The lowest BCUT2D eigenvalue weighted by Gasteiger charge is -2.16. The lowest BCUT2D eigenvalue weighted by molar-refractivity contribution is -0.377. The quantitative estimate of drug-likeness (QED) is 0.354. The normalized spacial score (nSPS) is 18.2. The fraction of sp³-hybridized carbons (Fsp3) is 0.0323. The molecule has 214 valence electrons. The highest BCUT2D eigenvalue weighted by Gasteiger charge is 2.37. The van der Waals surface area contributed by atoms with Crippen molar-refractivity contribution >= 4 is 34.7 Å². The Morgan fingerprint density at radius 1 is 0.674 bits per heavy atom. The van der Waals surface area contributed by atoms with Crippen LogP contribution in [-0.4, -0.2) is 36.9 Å². The molecule has 1 saturated heterocycles. The molecule has 3 aliphatic rings. The molecule has 0 spiro atoms. The topological polar surface area (TPSA) is 168 Å². The number of nitrogens with one attached hydrogen (secondary N) is 2. The zero-order chi connectivity index (χ0) is 30.1. The zero-order valence-corrected chi connectivity index (χ0v) is 22.3. The summed E-state index contributed by atoms with van der Waals surface area (Å²) in [6, 6.07) is 17.7. The van der Waals surface area contributed by atoms with Gasteiger partial charge in [0.15, 0.2) is 0 Å². The van der Waals surface area contributed by atoms with Crippen molar-refractivity contribution in [1.82, 2.24) is 15.2 Å². The van der Waals surface area contributed by atoms with E-state index in [1.165, 1.54) is 46.1 Å². The van der Waals surface area contributed by atoms with E-state index in [2.05, 4.69) is 10.5 Å². The first-order chi connectivity index (χ1) is 20.8. The molecule has 3 aromatic rings. The van der Waals surface area contributed by atoms with Gasteiger partial charge in [-0.3, -0.25) is 20.1 Å². The molecule has 6 rings (SSSR count). The third-order valence-corrected chi connectivity index (χ3v) is 7.07. The van der Waals surface area contributed by atoms with Crippen LogP contribution in [0.25, 0.3) is 17.3 Å². The number of carbonyl (C=O) groups excluding carboxylic acids is 1. The van der Waals surface area contributed by atoms with E-state index in [-0.39, 0.29) is 22.5 Å². The van der Waals surface area contributed by atoms with Crippen molar-refractivity contribution in [3.8, 4) is 5.69 Å². The summed E-state index contributed by atoms with van der Waals surface area (Å²) < 4.78 is 1.34. The van der Waals surface area contributed by atoms with Gasteiger partial charge >= 0.3 is 0 Å². The monoisotopic (exact) mass is 574 g/mol. The molecule has 1 aliphatic heterocycles. The lowest BCUT2D eigenvalue weighted by Crippen LogP contribution is -2.38. The Labute approximate surface area is 243 Å². The number of carbonyl (C=O) groups is 1. The van der Waals surface area contributed by atoms with Gasteiger partial charge in [0.2, 0.25) is 11.4 Å². The molecule has 0 bridgehead atoms. The van der Waals surface area contributed by atoms with E-state index in [9.17, 15) is 30.4 Å². The third-order valence-electron chi connectivity index (χ3n) is 7.07. The van der Waals surface area contributed by atoms with E-state index in [1.54, 1.807) is 66.8 Å². The Kier molecular flexibility index (Phi) is 6.84. The van der Waals surface area contributed by atoms with Crippen molar-refractivity contribution in [3.63, 3.8) is 0 Å². The van der Waals surface area contributed by atoms with Gasteiger partial charge < -0.3 is 20.8 Å². The Morgan fingerprint density at radius 2 is 1.19 bits per heavy atom. The standard InChI is InChI=1S/C31H22N6O6/c38-30-26(28(20-11-15-24(16-12-20)36(40)41)32-34(30)22-7-3-1-4-8-22)19-27-29(21-13-17-25(18-14-21)37(42)43)33-35(31(27)39)23-9-5-2-6-10-23/h1-19,26,32-33H/q-2/t26-/m1/s1. The molecule has 2 aromatic carbocycles. The molecule has 0 unspecified atom stereocenters. The Morgan fingerprint density at radius 3 is 1.72 bits per heavy atom. The maximum absolute atomic E-state index is 13.9. The van der Waals surface area contributed by atoms with Crippen molar-refractivity contribution in [2.24, 2.45) is 5.92 Å². The van der Waals surface area contributed by atoms with Crippen molar-refractivity contribution in [1.29, 1.82) is 0 Å². The molecular weight excluding hydrogens is 552 g/mol. The largest absolute Gasteiger partial charge is 0.612 e. The second kappa shape index (κ2) is 10.9. The molecule has 1 atom stereocenters. The summed E-state index contributed by atoms with van der Waals surface area (Å²) in [5, 5.41) is 50.0. The number of anilines is 1. The van der Waals surface area contributed by atoms with Crippen LogP contribution in [0, 0.1) is 26.7 Å². The van der Waals surface area contributed by atoms with E-state index in [0.29, 0.717) is 33.6 Å². The summed E-state index contributed by atoms with van der Waals surface area (Å²) in [4.78, 5) is 26.8. The number of aromatic amines is 1. The predicted octanol–water partition coefficient (Wildman–Crippen LogP) is 1.67. The fourth-order valence-corrected chi connectivity index (χ4v) is 4.94. The molecule has 2 N–H and O–H groups in total. The predicted molar refractivity (Wildman–Crippen MR) is 162 cm³/mol. The molecule has 2 aliphatic carbocycles.